The fourth-order valence-electron chi connectivity index (χ4n) is 1.01. The van der Waals surface area contributed by atoms with Gasteiger partial charge in [0.25, 0.3) is 0 Å². The van der Waals surface area contributed by atoms with Gasteiger partial charge in [0.2, 0.25) is 10.0 Å². The molecule has 0 saturated carbocycles. The first-order valence-corrected chi connectivity index (χ1v) is 6.94. The van der Waals surface area contributed by atoms with Crippen molar-refractivity contribution < 1.29 is 23.1 Å². The molecule has 7 heteroatoms. The molecule has 102 valence electrons. The minimum atomic E-state index is -3.63. The Morgan fingerprint density at radius 1 is 1.41 bits per heavy atom. The van der Waals surface area contributed by atoms with Gasteiger partial charge >= 0.3 is 5.97 Å². The second-order valence-electron chi connectivity index (χ2n) is 4.57. The van der Waals surface area contributed by atoms with Crippen molar-refractivity contribution >= 4 is 16.0 Å². The topological polar surface area (TPSA) is 83.9 Å². The minimum Gasteiger partial charge on any atom is -0.480 e. The van der Waals surface area contributed by atoms with Crippen molar-refractivity contribution in [1.29, 1.82) is 0 Å². The van der Waals surface area contributed by atoms with Crippen molar-refractivity contribution in [1.82, 2.24) is 4.31 Å². The summed E-state index contributed by atoms with van der Waals surface area (Å²) in [6.45, 7) is 6.35. The van der Waals surface area contributed by atoms with Crippen LogP contribution in [0.5, 0.6) is 0 Å². The summed E-state index contributed by atoms with van der Waals surface area (Å²) in [5.41, 5.74) is -1.46. The highest BCUT2D eigenvalue weighted by Gasteiger charge is 2.38. The van der Waals surface area contributed by atoms with E-state index in [2.05, 4.69) is 0 Å². The van der Waals surface area contributed by atoms with E-state index in [0.29, 0.717) is 0 Å². The molecule has 0 aromatic rings. The highest BCUT2D eigenvalue weighted by atomic mass is 32.2. The number of carboxylic acids is 1. The Morgan fingerprint density at radius 2 is 1.88 bits per heavy atom. The van der Waals surface area contributed by atoms with Gasteiger partial charge in [-0.2, -0.15) is 4.31 Å². The van der Waals surface area contributed by atoms with Crippen LogP contribution in [0.4, 0.5) is 0 Å². The van der Waals surface area contributed by atoms with Crippen LogP contribution in [-0.4, -0.2) is 54.8 Å². The van der Waals surface area contributed by atoms with Crippen molar-refractivity contribution in [3.05, 3.63) is 0 Å². The van der Waals surface area contributed by atoms with E-state index < -0.39 is 21.5 Å². The van der Waals surface area contributed by atoms with E-state index in [1.807, 2.05) is 0 Å². The van der Waals surface area contributed by atoms with E-state index in [9.17, 15) is 13.2 Å². The molecule has 0 saturated heterocycles. The molecule has 0 unspecified atom stereocenters. The Hall–Kier alpha value is -0.660. The molecule has 0 rings (SSSR count). The number of likely N-dealkylation sites (N-methyl/N-ethyl adjacent to an activating group) is 1. The number of hydrogen-bond acceptors (Lipinski definition) is 4. The molecule has 17 heavy (non-hydrogen) atoms. The van der Waals surface area contributed by atoms with Crippen LogP contribution >= 0.6 is 0 Å². The number of rotatable bonds is 7. The molecule has 0 fully saturated rings. The minimum absolute atomic E-state index is 0.0528. The lowest BCUT2D eigenvalue weighted by molar-refractivity contribution is -0.145. The zero-order valence-corrected chi connectivity index (χ0v) is 11.7. The van der Waals surface area contributed by atoms with Gasteiger partial charge in [0.1, 0.15) is 5.54 Å². The van der Waals surface area contributed by atoms with Gasteiger partial charge in [-0.05, 0) is 27.7 Å². The number of ether oxygens (including phenoxy) is 1. The van der Waals surface area contributed by atoms with Crippen molar-refractivity contribution in [2.75, 3.05) is 19.4 Å². The second-order valence-corrected chi connectivity index (χ2v) is 6.69. The number of hydrogen-bond donors (Lipinski definition) is 1. The van der Waals surface area contributed by atoms with Crippen LogP contribution in [-0.2, 0) is 19.6 Å². The van der Waals surface area contributed by atoms with Gasteiger partial charge in [0, 0.05) is 7.05 Å². The summed E-state index contributed by atoms with van der Waals surface area (Å²) < 4.78 is 29.7. The van der Waals surface area contributed by atoms with Crippen molar-refractivity contribution in [2.24, 2.45) is 0 Å². The van der Waals surface area contributed by atoms with Gasteiger partial charge in [-0.3, -0.25) is 4.79 Å². The molecule has 0 aromatic heterocycles. The lowest BCUT2D eigenvalue weighted by atomic mass is 10.1. The number of carbonyl (C=O) groups is 1. The molecule has 0 aromatic carbocycles. The molecule has 0 heterocycles. The van der Waals surface area contributed by atoms with Gasteiger partial charge in [-0.15, -0.1) is 0 Å². The quantitative estimate of drug-likeness (QED) is 0.727. The third kappa shape index (κ3) is 4.61. The molecule has 0 aliphatic carbocycles. The Morgan fingerprint density at radius 3 is 2.24 bits per heavy atom. The summed E-state index contributed by atoms with van der Waals surface area (Å²) in [7, 11) is -2.37. The van der Waals surface area contributed by atoms with E-state index in [1.165, 1.54) is 20.9 Å². The number of aliphatic carboxylic acids is 1. The predicted molar refractivity (Wildman–Crippen MR) is 64.4 cm³/mol. The zero-order valence-electron chi connectivity index (χ0n) is 10.9. The lowest BCUT2D eigenvalue weighted by Gasteiger charge is -2.30. The maximum atomic E-state index is 11.8. The molecule has 0 aliphatic rings. The molecule has 0 radical (unpaired) electrons. The summed E-state index contributed by atoms with van der Waals surface area (Å²) in [4.78, 5) is 11.0. The van der Waals surface area contributed by atoms with Crippen molar-refractivity contribution in [3.8, 4) is 0 Å². The monoisotopic (exact) mass is 267 g/mol. The summed E-state index contributed by atoms with van der Waals surface area (Å²) in [5, 5.41) is 8.95. The first-order chi connectivity index (χ1) is 7.51. The van der Waals surface area contributed by atoms with Crippen LogP contribution in [0, 0.1) is 0 Å². The third-order valence-electron chi connectivity index (χ3n) is 2.52. The van der Waals surface area contributed by atoms with E-state index in [1.54, 1.807) is 13.8 Å². The number of carboxylic acid groups (broad SMARTS) is 1. The van der Waals surface area contributed by atoms with E-state index in [-0.39, 0.29) is 18.5 Å². The standard InChI is InChI=1S/C10H21NO5S/c1-8(2)16-6-7-17(14,15)11(5)10(3,4)9(12)13/h8H,6-7H2,1-5H3,(H,12,13). The third-order valence-corrected chi connectivity index (χ3v) is 4.49. The Labute approximate surface area is 103 Å². The maximum absolute atomic E-state index is 11.8. The largest absolute Gasteiger partial charge is 0.480 e. The van der Waals surface area contributed by atoms with Crippen LogP contribution in [0.3, 0.4) is 0 Å². The molecule has 6 nitrogen and oxygen atoms in total. The Kier molecular flexibility index (Phi) is 5.57. The fraction of sp³-hybridized carbons (Fsp3) is 0.900. The average molecular weight is 267 g/mol. The molecule has 1 N–H and O–H groups in total. The molecule has 0 amide bonds. The fourth-order valence-corrected chi connectivity index (χ4v) is 2.36. The predicted octanol–water partition coefficient (Wildman–Crippen LogP) is 0.536. The molecule has 0 aliphatic heterocycles. The maximum Gasteiger partial charge on any atom is 0.324 e. The summed E-state index contributed by atoms with van der Waals surface area (Å²) in [6.07, 6.45) is -0.0528. The Balaban J connectivity index is 4.67. The van der Waals surface area contributed by atoms with Crippen molar-refractivity contribution in [2.45, 2.75) is 39.3 Å². The molecule has 0 atom stereocenters. The first-order valence-electron chi connectivity index (χ1n) is 5.33. The molecule has 0 bridgehead atoms. The molecular formula is C10H21NO5S. The summed E-state index contributed by atoms with van der Waals surface area (Å²) >= 11 is 0. The van der Waals surface area contributed by atoms with E-state index in [0.717, 1.165) is 4.31 Å². The van der Waals surface area contributed by atoms with Gasteiger partial charge < -0.3 is 9.84 Å². The van der Waals surface area contributed by atoms with Gasteiger partial charge in [-0.25, -0.2) is 8.42 Å². The number of sulfonamides is 1. The van der Waals surface area contributed by atoms with Crippen LogP contribution in [0.1, 0.15) is 27.7 Å². The van der Waals surface area contributed by atoms with Gasteiger partial charge in [-0.1, -0.05) is 0 Å². The lowest BCUT2D eigenvalue weighted by Crippen LogP contribution is -2.51. The molecular weight excluding hydrogens is 246 g/mol. The second kappa shape index (κ2) is 5.79. The highest BCUT2D eigenvalue weighted by Crippen LogP contribution is 2.17. The average Bonchev–Trinajstić information content (AvgIpc) is 2.15. The smallest absolute Gasteiger partial charge is 0.324 e. The highest BCUT2D eigenvalue weighted by molar-refractivity contribution is 7.89. The Bertz CT molecular complexity index is 361. The van der Waals surface area contributed by atoms with Gasteiger partial charge in [0.15, 0.2) is 0 Å². The van der Waals surface area contributed by atoms with Crippen LogP contribution in [0.15, 0.2) is 0 Å². The van der Waals surface area contributed by atoms with Gasteiger partial charge in [0.05, 0.1) is 18.5 Å². The van der Waals surface area contributed by atoms with E-state index in [4.69, 9.17) is 9.84 Å². The first kappa shape index (κ1) is 16.3. The summed E-state index contributed by atoms with van der Waals surface area (Å²) in [5.74, 6) is -1.41. The zero-order chi connectivity index (χ0) is 13.9. The van der Waals surface area contributed by atoms with Crippen LogP contribution in [0.25, 0.3) is 0 Å². The number of nitrogens with zero attached hydrogens (tertiary/aromatic N) is 1. The normalized spacial score (nSPS) is 13.4. The van der Waals surface area contributed by atoms with E-state index >= 15 is 0 Å². The summed E-state index contributed by atoms with van der Waals surface area (Å²) in [6, 6.07) is 0. The molecule has 0 spiro atoms. The SMILES string of the molecule is CC(C)OCCS(=O)(=O)N(C)C(C)(C)C(=O)O. The van der Waals surface area contributed by atoms with Crippen LogP contribution < -0.4 is 0 Å². The van der Waals surface area contributed by atoms with Crippen molar-refractivity contribution in [3.63, 3.8) is 0 Å². The van der Waals surface area contributed by atoms with Crippen LogP contribution in [0.2, 0.25) is 0 Å².